The van der Waals surface area contributed by atoms with Crippen LogP contribution in [0.4, 0.5) is 0 Å². The van der Waals surface area contributed by atoms with Crippen molar-refractivity contribution in [3.05, 3.63) is 176 Å². The van der Waals surface area contributed by atoms with Crippen LogP contribution in [-0.2, 0) is 0 Å². The first kappa shape index (κ1) is 27.0. The summed E-state index contributed by atoms with van der Waals surface area (Å²) in [5.74, 6) is 0. The molecule has 0 N–H and O–H groups in total. The van der Waals surface area contributed by atoms with Gasteiger partial charge in [-0.25, -0.2) is 0 Å². The third kappa shape index (κ3) is 3.47. The first-order chi connectivity index (χ1) is 25.3. The van der Waals surface area contributed by atoms with Gasteiger partial charge in [-0.3, -0.25) is 0 Å². The second kappa shape index (κ2) is 9.87. The fourth-order valence-electron chi connectivity index (χ4n) is 9.14. The Morgan fingerprint density at radius 1 is 0.235 bits per heavy atom. The molecule has 3 nitrogen and oxygen atoms in total. The molecule has 0 amide bonds. The molecule has 236 valence electrons. The molecule has 12 rings (SSSR count). The van der Waals surface area contributed by atoms with E-state index in [2.05, 4.69) is 189 Å². The minimum Gasteiger partial charge on any atom is -0.309 e. The first-order valence-corrected chi connectivity index (χ1v) is 17.6. The topological polar surface area (TPSA) is 13.8 Å². The molecule has 0 bridgehead atoms. The summed E-state index contributed by atoms with van der Waals surface area (Å²) in [5, 5.41) is 12.5. The molecule has 0 aliphatic rings. The highest BCUT2D eigenvalue weighted by Gasteiger charge is 2.19. The lowest BCUT2D eigenvalue weighted by Gasteiger charge is -2.10. The maximum Gasteiger partial charge on any atom is 0.0782 e. The number of nitrogens with zero attached hydrogens (tertiary/aromatic N) is 3. The van der Waals surface area contributed by atoms with Crippen molar-refractivity contribution in [2.24, 2.45) is 0 Å². The number of aromatic nitrogens is 3. The summed E-state index contributed by atoms with van der Waals surface area (Å²) in [7, 11) is 0. The summed E-state index contributed by atoms with van der Waals surface area (Å²) in [6.07, 6.45) is 0. The maximum atomic E-state index is 2.52. The number of hydrogen-bond donors (Lipinski definition) is 0. The van der Waals surface area contributed by atoms with Crippen molar-refractivity contribution in [1.82, 2.24) is 13.4 Å². The van der Waals surface area contributed by atoms with Crippen LogP contribution in [0.15, 0.2) is 176 Å². The lowest BCUT2D eigenvalue weighted by molar-refractivity contribution is 1.18. The number of benzene rings is 8. The number of rotatable bonds is 1. The van der Waals surface area contributed by atoms with Crippen molar-refractivity contribution in [2.75, 3.05) is 0 Å². The Morgan fingerprint density at radius 3 is 1.24 bits per heavy atom. The van der Waals surface area contributed by atoms with Crippen molar-refractivity contribution in [3.63, 3.8) is 0 Å². The van der Waals surface area contributed by atoms with Gasteiger partial charge in [0.05, 0.1) is 44.1 Å². The Bertz CT molecular complexity index is 3430. The molecule has 0 radical (unpaired) electrons. The molecule has 0 spiro atoms. The summed E-state index contributed by atoms with van der Waals surface area (Å²) < 4.78 is 7.47. The minimum atomic E-state index is 1.16. The molecule has 0 saturated carbocycles. The number of fused-ring (bicyclic) bond motifs is 15. The average molecular weight is 648 g/mol. The average Bonchev–Trinajstić information content (AvgIpc) is 3.83. The Balaban J connectivity index is 1.38. The quantitative estimate of drug-likeness (QED) is 0.168. The molecule has 3 heteroatoms. The van der Waals surface area contributed by atoms with E-state index in [9.17, 15) is 0 Å². The van der Waals surface area contributed by atoms with E-state index in [-0.39, 0.29) is 0 Å². The van der Waals surface area contributed by atoms with Crippen LogP contribution < -0.4 is 0 Å². The standard InChI is InChI=1S/C48H29N3/c1-2-14-32-31(13-1)33-15-3-9-24-43(33)50-45-28-27-30(49-41-22-7-4-16-34(41)35-17-5-8-23-42(35)49)29-40(45)39-21-12-26-46(48(39)50)51-44-25-10-6-18-36(44)38-20-11-19-37(32)47(38)51/h1-29H. The lowest BCUT2D eigenvalue weighted by atomic mass is 10.0. The van der Waals surface area contributed by atoms with Crippen molar-refractivity contribution in [2.45, 2.75) is 0 Å². The highest BCUT2D eigenvalue weighted by Crippen LogP contribution is 2.41. The largest absolute Gasteiger partial charge is 0.309 e. The highest BCUT2D eigenvalue weighted by molar-refractivity contribution is 6.24. The van der Waals surface area contributed by atoms with Gasteiger partial charge in [0, 0.05) is 48.8 Å². The van der Waals surface area contributed by atoms with Gasteiger partial charge < -0.3 is 13.4 Å². The Morgan fingerprint density at radius 2 is 0.608 bits per heavy atom. The molecule has 51 heavy (non-hydrogen) atoms. The Labute approximate surface area is 292 Å². The fraction of sp³-hybridized carbons (Fsp3) is 0. The fourth-order valence-corrected chi connectivity index (χ4v) is 9.14. The normalized spacial score (nSPS) is 12.3. The monoisotopic (exact) mass is 647 g/mol. The van der Waals surface area contributed by atoms with Gasteiger partial charge in [0.25, 0.3) is 0 Å². The molecule has 8 aromatic carbocycles. The number of hydrogen-bond acceptors (Lipinski definition) is 0. The van der Waals surface area contributed by atoms with Crippen molar-refractivity contribution < 1.29 is 0 Å². The van der Waals surface area contributed by atoms with Crippen LogP contribution in [0.25, 0.3) is 104 Å². The van der Waals surface area contributed by atoms with E-state index in [0.29, 0.717) is 0 Å². The van der Waals surface area contributed by atoms with Crippen molar-refractivity contribution in [1.29, 1.82) is 0 Å². The van der Waals surface area contributed by atoms with E-state index in [0.717, 1.165) is 5.69 Å². The number of para-hydroxylation sites is 6. The highest BCUT2D eigenvalue weighted by atomic mass is 15.0. The molecular formula is C48H29N3. The molecule has 0 aliphatic carbocycles. The van der Waals surface area contributed by atoms with Crippen molar-refractivity contribution >= 4 is 98.0 Å². The molecule has 0 saturated heterocycles. The van der Waals surface area contributed by atoms with Gasteiger partial charge in [-0.2, -0.15) is 0 Å². The van der Waals surface area contributed by atoms with Gasteiger partial charge in [0.1, 0.15) is 0 Å². The summed E-state index contributed by atoms with van der Waals surface area (Å²) in [6, 6.07) is 65.0. The molecule has 0 aliphatic heterocycles. The van der Waals surface area contributed by atoms with E-state index in [1.165, 1.54) is 98.0 Å². The summed E-state index contributed by atoms with van der Waals surface area (Å²) in [6.45, 7) is 0. The zero-order valence-electron chi connectivity index (χ0n) is 27.6. The lowest BCUT2D eigenvalue weighted by Crippen LogP contribution is -1.94. The van der Waals surface area contributed by atoms with Gasteiger partial charge in [0.2, 0.25) is 0 Å². The third-order valence-electron chi connectivity index (χ3n) is 11.2. The van der Waals surface area contributed by atoms with E-state index in [4.69, 9.17) is 0 Å². The second-order valence-corrected chi connectivity index (χ2v) is 13.7. The molecule has 0 fully saturated rings. The van der Waals surface area contributed by atoms with Crippen molar-refractivity contribution in [3.8, 4) is 5.69 Å². The molecule has 12 aromatic rings. The van der Waals surface area contributed by atoms with Gasteiger partial charge >= 0.3 is 0 Å². The minimum absolute atomic E-state index is 1.16. The van der Waals surface area contributed by atoms with Gasteiger partial charge in [0.15, 0.2) is 0 Å². The van der Waals surface area contributed by atoms with Gasteiger partial charge in [-0.15, -0.1) is 0 Å². The summed E-state index contributed by atoms with van der Waals surface area (Å²) in [5.41, 5.74) is 10.8. The van der Waals surface area contributed by atoms with Crippen LogP contribution in [0.2, 0.25) is 0 Å². The zero-order chi connectivity index (χ0) is 33.2. The maximum absolute atomic E-state index is 2.52. The first-order valence-electron chi connectivity index (χ1n) is 17.6. The molecule has 0 unspecified atom stereocenters. The van der Waals surface area contributed by atoms with Crippen LogP contribution in [0.1, 0.15) is 0 Å². The molecule has 4 aromatic heterocycles. The van der Waals surface area contributed by atoms with Crippen LogP contribution in [0, 0.1) is 0 Å². The van der Waals surface area contributed by atoms with E-state index in [1.54, 1.807) is 0 Å². The van der Waals surface area contributed by atoms with Crippen LogP contribution in [0.5, 0.6) is 0 Å². The Hall–Kier alpha value is -6.84. The Kier molecular flexibility index (Phi) is 5.23. The molecular weight excluding hydrogens is 619 g/mol. The van der Waals surface area contributed by atoms with Gasteiger partial charge in [-0.1, -0.05) is 127 Å². The summed E-state index contributed by atoms with van der Waals surface area (Å²) >= 11 is 0. The van der Waals surface area contributed by atoms with E-state index < -0.39 is 0 Å². The second-order valence-electron chi connectivity index (χ2n) is 13.7. The molecule has 0 atom stereocenters. The molecule has 4 heterocycles. The SMILES string of the molecule is c1ccc2c(c1)c1ccccc1n1c3ccc(-n4c5ccccc5c5ccccc54)cc3c3cccc(c31)n1c3ccccc3c3cccc2c31. The van der Waals surface area contributed by atoms with Crippen LogP contribution in [-0.4, -0.2) is 13.4 Å². The van der Waals surface area contributed by atoms with E-state index >= 15 is 0 Å². The smallest absolute Gasteiger partial charge is 0.0782 e. The summed E-state index contributed by atoms with van der Waals surface area (Å²) in [4.78, 5) is 0. The predicted molar refractivity (Wildman–Crippen MR) is 217 cm³/mol. The zero-order valence-corrected chi connectivity index (χ0v) is 27.6. The predicted octanol–water partition coefficient (Wildman–Crippen LogP) is 12.8. The van der Waals surface area contributed by atoms with Gasteiger partial charge in [-0.05, 0) is 59.3 Å². The van der Waals surface area contributed by atoms with E-state index in [1.807, 2.05) is 0 Å². The third-order valence-corrected chi connectivity index (χ3v) is 11.2. The van der Waals surface area contributed by atoms with Crippen LogP contribution >= 0.6 is 0 Å². The van der Waals surface area contributed by atoms with Crippen LogP contribution in [0.3, 0.4) is 0 Å².